The van der Waals surface area contributed by atoms with E-state index in [1.54, 1.807) is 0 Å². The Morgan fingerprint density at radius 1 is 0.545 bits per heavy atom. The lowest BCUT2D eigenvalue weighted by Gasteiger charge is -2.14. The Bertz CT molecular complexity index is 768. The van der Waals surface area contributed by atoms with E-state index in [1.165, 1.54) is 33.4 Å². The Labute approximate surface area is 148 Å². The predicted molar refractivity (Wildman–Crippen MR) is 102 cm³/mol. The third kappa shape index (κ3) is 2.90. The summed E-state index contributed by atoms with van der Waals surface area (Å²) < 4.78 is 2.21. The molecule has 22 heavy (non-hydrogen) atoms. The first-order valence-corrected chi connectivity index (χ1v) is 8.77. The number of hydrogen-bond acceptors (Lipinski definition) is 0. The van der Waals surface area contributed by atoms with Gasteiger partial charge in [0.25, 0.3) is 0 Å². The zero-order valence-corrected chi connectivity index (χ0v) is 15.7. The van der Waals surface area contributed by atoms with Gasteiger partial charge in [0.1, 0.15) is 0 Å². The van der Waals surface area contributed by atoms with Crippen molar-refractivity contribution in [3.63, 3.8) is 0 Å². The van der Waals surface area contributed by atoms with Gasteiger partial charge in [0.2, 0.25) is 0 Å². The molecule has 0 aliphatic carbocycles. The van der Waals surface area contributed by atoms with Crippen LogP contribution in [0.3, 0.4) is 0 Å². The Hall–Kier alpha value is -1.38. The molecule has 0 saturated heterocycles. The second kappa shape index (κ2) is 6.39. The van der Waals surface area contributed by atoms with Crippen molar-refractivity contribution in [2.75, 3.05) is 0 Å². The van der Waals surface area contributed by atoms with Gasteiger partial charge in [-0.05, 0) is 59.4 Å². The van der Waals surface area contributed by atoms with Crippen LogP contribution >= 0.6 is 31.9 Å². The largest absolute Gasteiger partial charge is 0.0620 e. The van der Waals surface area contributed by atoms with Gasteiger partial charge in [-0.2, -0.15) is 0 Å². The van der Waals surface area contributed by atoms with Crippen LogP contribution in [0.5, 0.6) is 0 Å². The van der Waals surface area contributed by atoms with Gasteiger partial charge in [-0.3, -0.25) is 0 Å². The number of halogens is 2. The summed E-state index contributed by atoms with van der Waals surface area (Å²) in [5.74, 6) is 0. The average Bonchev–Trinajstić information content (AvgIpc) is 2.50. The lowest BCUT2D eigenvalue weighted by molar-refractivity contribution is 1.42. The van der Waals surface area contributed by atoms with Crippen molar-refractivity contribution in [3.8, 4) is 22.3 Å². The molecule has 0 radical (unpaired) electrons. The van der Waals surface area contributed by atoms with E-state index < -0.39 is 0 Å². The minimum atomic E-state index is 1.10. The molecule has 0 saturated carbocycles. The highest BCUT2D eigenvalue weighted by Crippen LogP contribution is 2.39. The number of hydrogen-bond donors (Lipinski definition) is 0. The summed E-state index contributed by atoms with van der Waals surface area (Å²) in [7, 11) is 0. The fourth-order valence-corrected chi connectivity index (χ4v) is 4.13. The maximum absolute atomic E-state index is 3.71. The average molecular weight is 416 g/mol. The fraction of sp³-hybridized carbons (Fsp3) is 0.100. The molecule has 0 aromatic heterocycles. The molecule has 2 heteroatoms. The van der Waals surface area contributed by atoms with Crippen LogP contribution in [0.1, 0.15) is 11.1 Å². The van der Waals surface area contributed by atoms with Crippen molar-refractivity contribution in [1.29, 1.82) is 0 Å². The van der Waals surface area contributed by atoms with Gasteiger partial charge in [-0.15, -0.1) is 0 Å². The molecule has 0 spiro atoms. The van der Waals surface area contributed by atoms with E-state index in [1.807, 2.05) is 0 Å². The predicted octanol–water partition coefficient (Wildman–Crippen LogP) is 7.16. The lowest BCUT2D eigenvalue weighted by Crippen LogP contribution is -1.89. The molecule has 0 fully saturated rings. The summed E-state index contributed by atoms with van der Waals surface area (Å²) in [5, 5.41) is 0. The van der Waals surface area contributed by atoms with Crippen molar-refractivity contribution in [3.05, 3.63) is 80.7 Å². The zero-order chi connectivity index (χ0) is 15.7. The molecule has 0 heterocycles. The first-order valence-electron chi connectivity index (χ1n) is 7.19. The second-order valence-electron chi connectivity index (χ2n) is 5.44. The number of aryl methyl sites for hydroxylation is 2. The third-order valence-corrected chi connectivity index (χ3v) is 5.24. The van der Waals surface area contributed by atoms with E-state index in [0.29, 0.717) is 0 Å². The van der Waals surface area contributed by atoms with Crippen molar-refractivity contribution in [1.82, 2.24) is 0 Å². The van der Waals surface area contributed by atoms with Gasteiger partial charge in [0.15, 0.2) is 0 Å². The van der Waals surface area contributed by atoms with Crippen LogP contribution in [0.2, 0.25) is 0 Å². The third-order valence-electron chi connectivity index (χ3n) is 3.93. The maximum atomic E-state index is 3.71. The van der Waals surface area contributed by atoms with Gasteiger partial charge >= 0.3 is 0 Å². The van der Waals surface area contributed by atoms with Crippen molar-refractivity contribution in [2.45, 2.75) is 13.8 Å². The fourth-order valence-electron chi connectivity index (χ4n) is 2.71. The van der Waals surface area contributed by atoms with Gasteiger partial charge in [-0.25, -0.2) is 0 Å². The van der Waals surface area contributed by atoms with Crippen molar-refractivity contribution in [2.24, 2.45) is 0 Å². The van der Waals surface area contributed by atoms with Crippen LogP contribution in [0.4, 0.5) is 0 Å². The summed E-state index contributed by atoms with van der Waals surface area (Å²) in [6, 6.07) is 21.4. The van der Waals surface area contributed by atoms with Crippen LogP contribution in [0, 0.1) is 13.8 Å². The second-order valence-corrected chi connectivity index (χ2v) is 7.15. The molecule has 0 N–H and O–H groups in total. The Kier molecular flexibility index (Phi) is 4.51. The maximum Gasteiger partial charge on any atom is 0.0265 e. The molecule has 0 aliphatic rings. The summed E-state index contributed by atoms with van der Waals surface area (Å²) in [4.78, 5) is 0. The minimum Gasteiger partial charge on any atom is -0.0620 e. The Morgan fingerprint density at radius 2 is 0.955 bits per heavy atom. The highest BCUT2D eigenvalue weighted by molar-refractivity contribution is 9.11. The van der Waals surface area contributed by atoms with Crippen LogP contribution in [-0.4, -0.2) is 0 Å². The quantitative estimate of drug-likeness (QED) is 0.416. The normalized spacial score (nSPS) is 10.7. The van der Waals surface area contributed by atoms with Crippen molar-refractivity contribution >= 4 is 31.9 Å². The molecule has 0 nitrogen and oxygen atoms in total. The molecule has 0 bridgehead atoms. The highest BCUT2D eigenvalue weighted by atomic mass is 79.9. The Balaban J connectivity index is 2.25. The van der Waals surface area contributed by atoms with Crippen LogP contribution in [0.25, 0.3) is 22.3 Å². The molecule has 3 aromatic carbocycles. The monoisotopic (exact) mass is 414 g/mol. The lowest BCUT2D eigenvalue weighted by atomic mass is 9.95. The van der Waals surface area contributed by atoms with Gasteiger partial charge in [-0.1, -0.05) is 80.4 Å². The van der Waals surface area contributed by atoms with Gasteiger partial charge in [0.05, 0.1) is 0 Å². The van der Waals surface area contributed by atoms with E-state index in [2.05, 4.69) is 106 Å². The molecule has 3 rings (SSSR count). The number of rotatable bonds is 2. The van der Waals surface area contributed by atoms with Gasteiger partial charge in [0, 0.05) is 8.95 Å². The summed E-state index contributed by atoms with van der Waals surface area (Å²) >= 11 is 7.43. The van der Waals surface area contributed by atoms with E-state index in [9.17, 15) is 0 Å². The van der Waals surface area contributed by atoms with E-state index >= 15 is 0 Å². The summed E-state index contributed by atoms with van der Waals surface area (Å²) in [5.41, 5.74) is 7.52. The smallest absolute Gasteiger partial charge is 0.0265 e. The van der Waals surface area contributed by atoms with Crippen LogP contribution in [0.15, 0.2) is 69.6 Å². The zero-order valence-electron chi connectivity index (χ0n) is 12.5. The summed E-state index contributed by atoms with van der Waals surface area (Å²) in [6.45, 7) is 4.30. The molecular weight excluding hydrogens is 400 g/mol. The topological polar surface area (TPSA) is 0 Å². The SMILES string of the molecule is Cc1ccccc1-c1cc(-c2ccccc2C)c(Br)cc1Br. The molecular formula is C20H16Br2. The van der Waals surface area contributed by atoms with E-state index in [4.69, 9.17) is 0 Å². The minimum absolute atomic E-state index is 1.10. The molecule has 0 amide bonds. The molecule has 0 atom stereocenters. The van der Waals surface area contributed by atoms with Crippen LogP contribution < -0.4 is 0 Å². The first-order chi connectivity index (χ1) is 10.6. The highest BCUT2D eigenvalue weighted by Gasteiger charge is 2.12. The molecule has 0 aliphatic heterocycles. The molecule has 3 aromatic rings. The summed E-state index contributed by atoms with van der Waals surface area (Å²) in [6.07, 6.45) is 0. The first kappa shape index (κ1) is 15.5. The molecule has 0 unspecified atom stereocenters. The van der Waals surface area contributed by atoms with Crippen LogP contribution in [-0.2, 0) is 0 Å². The van der Waals surface area contributed by atoms with Gasteiger partial charge < -0.3 is 0 Å². The Morgan fingerprint density at radius 3 is 1.36 bits per heavy atom. The van der Waals surface area contributed by atoms with E-state index in [0.717, 1.165) is 8.95 Å². The standard InChI is InChI=1S/C20H16Br2/c1-13-7-3-5-9-15(13)17-11-18(20(22)12-19(17)21)16-10-6-4-8-14(16)2/h3-12H,1-2H3. The van der Waals surface area contributed by atoms with Crippen molar-refractivity contribution < 1.29 is 0 Å². The molecule has 110 valence electrons. The van der Waals surface area contributed by atoms with E-state index in [-0.39, 0.29) is 0 Å². The number of benzene rings is 3.